The first-order valence-electron chi connectivity index (χ1n) is 5.74. The standard InChI is InChI=1S/C13H16N2O4/c1-13(2,16)12-15-14-11(19-12)8-5-9(17-3)7-10(6-8)18-4/h5-7,16H,1-4H3. The van der Waals surface area contributed by atoms with E-state index >= 15 is 0 Å². The molecule has 0 unspecified atom stereocenters. The summed E-state index contributed by atoms with van der Waals surface area (Å²) < 4.78 is 15.8. The average molecular weight is 264 g/mol. The van der Waals surface area contributed by atoms with Crippen LogP contribution in [-0.2, 0) is 5.60 Å². The Morgan fingerprint density at radius 3 is 2.05 bits per heavy atom. The van der Waals surface area contributed by atoms with Crippen molar-refractivity contribution in [3.63, 3.8) is 0 Å². The number of aliphatic hydroxyl groups is 1. The molecule has 19 heavy (non-hydrogen) atoms. The minimum atomic E-state index is -1.17. The second-order valence-corrected chi connectivity index (χ2v) is 4.57. The van der Waals surface area contributed by atoms with Crippen LogP contribution in [0.25, 0.3) is 11.5 Å². The minimum Gasteiger partial charge on any atom is -0.497 e. The molecule has 0 radical (unpaired) electrons. The van der Waals surface area contributed by atoms with Crippen molar-refractivity contribution in [2.75, 3.05) is 14.2 Å². The van der Waals surface area contributed by atoms with E-state index < -0.39 is 5.60 Å². The number of hydrogen-bond acceptors (Lipinski definition) is 6. The number of hydrogen-bond donors (Lipinski definition) is 1. The molecule has 1 aromatic carbocycles. The quantitative estimate of drug-likeness (QED) is 0.909. The van der Waals surface area contributed by atoms with Crippen molar-refractivity contribution in [2.45, 2.75) is 19.4 Å². The summed E-state index contributed by atoms with van der Waals surface area (Å²) >= 11 is 0. The molecule has 0 saturated heterocycles. The predicted molar refractivity (Wildman–Crippen MR) is 68.1 cm³/mol. The Hall–Kier alpha value is -2.08. The SMILES string of the molecule is COc1cc(OC)cc(-c2nnc(C(C)(C)O)o2)c1. The van der Waals surface area contributed by atoms with E-state index in [1.54, 1.807) is 46.3 Å². The average Bonchev–Trinajstić information content (AvgIpc) is 2.87. The molecule has 0 aliphatic rings. The second kappa shape index (κ2) is 4.89. The van der Waals surface area contributed by atoms with E-state index in [1.165, 1.54) is 0 Å². The van der Waals surface area contributed by atoms with Crippen LogP contribution in [0, 0.1) is 0 Å². The first-order valence-corrected chi connectivity index (χ1v) is 5.74. The number of methoxy groups -OCH3 is 2. The Bertz CT molecular complexity index is 550. The van der Waals surface area contributed by atoms with Crippen LogP contribution in [0.3, 0.4) is 0 Å². The van der Waals surface area contributed by atoms with Gasteiger partial charge >= 0.3 is 0 Å². The second-order valence-electron chi connectivity index (χ2n) is 4.57. The maximum atomic E-state index is 9.81. The van der Waals surface area contributed by atoms with Crippen LogP contribution < -0.4 is 9.47 Å². The molecule has 0 atom stereocenters. The van der Waals surface area contributed by atoms with Gasteiger partial charge in [-0.2, -0.15) is 0 Å². The van der Waals surface area contributed by atoms with Gasteiger partial charge in [0, 0.05) is 11.6 Å². The third-order valence-electron chi connectivity index (χ3n) is 2.55. The van der Waals surface area contributed by atoms with E-state index in [-0.39, 0.29) is 5.89 Å². The van der Waals surface area contributed by atoms with Gasteiger partial charge in [-0.15, -0.1) is 10.2 Å². The van der Waals surface area contributed by atoms with Gasteiger partial charge in [-0.3, -0.25) is 0 Å². The fraction of sp³-hybridized carbons (Fsp3) is 0.385. The van der Waals surface area contributed by atoms with Gasteiger partial charge < -0.3 is 19.0 Å². The monoisotopic (exact) mass is 264 g/mol. The Labute approximate surface area is 111 Å². The van der Waals surface area contributed by atoms with Crippen LogP contribution in [0.5, 0.6) is 11.5 Å². The molecule has 0 saturated carbocycles. The smallest absolute Gasteiger partial charge is 0.248 e. The van der Waals surface area contributed by atoms with Gasteiger partial charge in [0.05, 0.1) is 14.2 Å². The molecule has 0 fully saturated rings. The topological polar surface area (TPSA) is 77.6 Å². The summed E-state index contributed by atoms with van der Waals surface area (Å²) in [7, 11) is 3.13. The van der Waals surface area contributed by atoms with Gasteiger partial charge in [-0.1, -0.05) is 0 Å². The third kappa shape index (κ3) is 2.85. The molecule has 102 valence electrons. The molecule has 6 heteroatoms. The molecule has 2 rings (SSSR count). The lowest BCUT2D eigenvalue weighted by atomic mass is 10.1. The number of aromatic nitrogens is 2. The van der Waals surface area contributed by atoms with Crippen molar-refractivity contribution in [2.24, 2.45) is 0 Å². The number of ether oxygens (including phenoxy) is 2. The van der Waals surface area contributed by atoms with Crippen LogP contribution in [0.15, 0.2) is 22.6 Å². The third-order valence-corrected chi connectivity index (χ3v) is 2.55. The van der Waals surface area contributed by atoms with Crippen LogP contribution in [0.4, 0.5) is 0 Å². The molecule has 1 aromatic heterocycles. The summed E-state index contributed by atoms with van der Waals surface area (Å²) in [6.07, 6.45) is 0. The summed E-state index contributed by atoms with van der Waals surface area (Å²) in [5, 5.41) is 17.5. The molecule has 2 aromatic rings. The molecular weight excluding hydrogens is 248 g/mol. The molecule has 0 amide bonds. The van der Waals surface area contributed by atoms with Crippen LogP contribution in [0.2, 0.25) is 0 Å². The van der Waals surface area contributed by atoms with Crippen molar-refractivity contribution in [1.82, 2.24) is 10.2 Å². The van der Waals surface area contributed by atoms with E-state index in [0.717, 1.165) is 0 Å². The highest BCUT2D eigenvalue weighted by Gasteiger charge is 2.24. The largest absolute Gasteiger partial charge is 0.497 e. The van der Waals surface area contributed by atoms with Gasteiger partial charge in [0.25, 0.3) is 0 Å². The molecule has 0 spiro atoms. The Kier molecular flexibility index (Phi) is 3.44. The molecule has 1 N–H and O–H groups in total. The van der Waals surface area contributed by atoms with Gasteiger partial charge in [-0.05, 0) is 26.0 Å². The first-order chi connectivity index (χ1) is 8.94. The molecule has 0 aliphatic heterocycles. The Morgan fingerprint density at radius 1 is 1.05 bits per heavy atom. The van der Waals surface area contributed by atoms with Crippen LogP contribution in [0.1, 0.15) is 19.7 Å². The van der Waals surface area contributed by atoms with Crippen molar-refractivity contribution >= 4 is 0 Å². The lowest BCUT2D eigenvalue weighted by molar-refractivity contribution is 0.0488. The predicted octanol–water partition coefficient (Wildman–Crippen LogP) is 1.98. The molecule has 6 nitrogen and oxygen atoms in total. The lowest BCUT2D eigenvalue weighted by Gasteiger charge is -2.10. The minimum absolute atomic E-state index is 0.157. The Balaban J connectivity index is 2.43. The maximum Gasteiger partial charge on any atom is 0.248 e. The highest BCUT2D eigenvalue weighted by molar-refractivity contribution is 5.59. The zero-order valence-electron chi connectivity index (χ0n) is 11.3. The fourth-order valence-electron chi connectivity index (χ4n) is 1.52. The van der Waals surface area contributed by atoms with Crippen LogP contribution in [-0.4, -0.2) is 29.5 Å². The summed E-state index contributed by atoms with van der Waals surface area (Å²) in [5.74, 6) is 1.70. The number of nitrogens with zero attached hydrogens (tertiary/aromatic N) is 2. The summed E-state index contributed by atoms with van der Waals surface area (Å²) in [6.45, 7) is 3.16. The van der Waals surface area contributed by atoms with E-state index in [2.05, 4.69) is 10.2 Å². The van der Waals surface area contributed by atoms with Gasteiger partial charge in [0.2, 0.25) is 11.8 Å². The lowest BCUT2D eigenvalue weighted by Crippen LogP contribution is -2.15. The van der Waals surface area contributed by atoms with Gasteiger partial charge in [-0.25, -0.2) is 0 Å². The Morgan fingerprint density at radius 2 is 1.63 bits per heavy atom. The van der Waals surface area contributed by atoms with Crippen molar-refractivity contribution < 1.29 is 19.0 Å². The fourth-order valence-corrected chi connectivity index (χ4v) is 1.52. The highest BCUT2D eigenvalue weighted by atomic mass is 16.5. The van der Waals surface area contributed by atoms with E-state index in [9.17, 15) is 5.11 Å². The van der Waals surface area contributed by atoms with Crippen LogP contribution >= 0.6 is 0 Å². The first kappa shape index (κ1) is 13.4. The van der Waals surface area contributed by atoms with Gasteiger partial charge in [0.1, 0.15) is 17.1 Å². The summed E-state index contributed by atoms with van der Waals surface area (Å²) in [4.78, 5) is 0. The number of rotatable bonds is 4. The zero-order chi connectivity index (χ0) is 14.0. The van der Waals surface area contributed by atoms with Gasteiger partial charge in [0.15, 0.2) is 0 Å². The van der Waals surface area contributed by atoms with E-state index in [0.29, 0.717) is 23.0 Å². The van der Waals surface area contributed by atoms with Crippen molar-refractivity contribution in [3.05, 3.63) is 24.1 Å². The normalized spacial score (nSPS) is 11.4. The molecular formula is C13H16N2O4. The summed E-state index contributed by atoms with van der Waals surface area (Å²) in [5.41, 5.74) is -0.506. The zero-order valence-corrected chi connectivity index (χ0v) is 11.3. The van der Waals surface area contributed by atoms with Crippen molar-refractivity contribution in [3.8, 4) is 23.0 Å². The highest BCUT2D eigenvalue weighted by Crippen LogP contribution is 2.30. The van der Waals surface area contributed by atoms with E-state index in [1.807, 2.05) is 0 Å². The van der Waals surface area contributed by atoms with E-state index in [4.69, 9.17) is 13.9 Å². The van der Waals surface area contributed by atoms with Crippen molar-refractivity contribution in [1.29, 1.82) is 0 Å². The number of benzene rings is 1. The summed E-state index contributed by atoms with van der Waals surface area (Å²) in [6, 6.07) is 5.26. The molecule has 0 bridgehead atoms. The maximum absolute atomic E-state index is 9.81. The molecule has 1 heterocycles. The molecule has 0 aliphatic carbocycles.